The highest BCUT2D eigenvalue weighted by Crippen LogP contribution is 2.48. The molecular formula is C11H18O4. The molecule has 0 N–H and O–H groups in total. The number of fused-ring (bicyclic) bond motifs is 3. The fourth-order valence-electron chi connectivity index (χ4n) is 3.09. The molecule has 1 saturated carbocycles. The number of hydrogen-bond acceptors (Lipinski definition) is 4. The second kappa shape index (κ2) is 3.17. The van der Waals surface area contributed by atoms with Crippen LogP contribution in [-0.4, -0.2) is 37.5 Å². The van der Waals surface area contributed by atoms with E-state index in [1.165, 1.54) is 0 Å². The van der Waals surface area contributed by atoms with Crippen molar-refractivity contribution in [1.29, 1.82) is 0 Å². The summed E-state index contributed by atoms with van der Waals surface area (Å²) < 4.78 is 22.7. The average molecular weight is 214 g/mol. The van der Waals surface area contributed by atoms with Gasteiger partial charge in [0.2, 0.25) is 0 Å². The Kier molecular flexibility index (Phi) is 2.12. The van der Waals surface area contributed by atoms with E-state index in [0.29, 0.717) is 5.92 Å². The average Bonchev–Trinajstić information content (AvgIpc) is 2.72. The van der Waals surface area contributed by atoms with Gasteiger partial charge in [0.05, 0.1) is 18.3 Å². The molecule has 3 rings (SSSR count). The monoisotopic (exact) mass is 214 g/mol. The predicted molar refractivity (Wildman–Crippen MR) is 52.2 cm³/mol. The molecule has 0 aromatic carbocycles. The van der Waals surface area contributed by atoms with Crippen molar-refractivity contribution in [2.45, 2.75) is 57.1 Å². The summed E-state index contributed by atoms with van der Waals surface area (Å²) in [5.74, 6) is 0.0209. The molecule has 1 aliphatic carbocycles. The van der Waals surface area contributed by atoms with Crippen molar-refractivity contribution in [3.05, 3.63) is 0 Å². The van der Waals surface area contributed by atoms with Crippen LogP contribution in [0.15, 0.2) is 0 Å². The van der Waals surface area contributed by atoms with Gasteiger partial charge in [0, 0.05) is 25.9 Å². The highest BCUT2D eigenvalue weighted by Gasteiger charge is 2.57. The zero-order valence-corrected chi connectivity index (χ0v) is 9.43. The van der Waals surface area contributed by atoms with Crippen molar-refractivity contribution >= 4 is 0 Å². The largest absolute Gasteiger partial charge is 0.356 e. The van der Waals surface area contributed by atoms with Gasteiger partial charge in [0.25, 0.3) is 0 Å². The Bertz CT molecular complexity index is 265. The van der Waals surface area contributed by atoms with Gasteiger partial charge in [-0.2, -0.15) is 0 Å². The maximum atomic E-state index is 5.92. The van der Waals surface area contributed by atoms with Crippen LogP contribution in [-0.2, 0) is 18.9 Å². The van der Waals surface area contributed by atoms with Crippen LogP contribution in [0.3, 0.4) is 0 Å². The minimum atomic E-state index is -0.425. The van der Waals surface area contributed by atoms with E-state index in [2.05, 4.69) is 0 Å². The van der Waals surface area contributed by atoms with Crippen LogP contribution >= 0.6 is 0 Å². The Morgan fingerprint density at radius 1 is 1.13 bits per heavy atom. The molecule has 0 spiro atoms. The quantitative estimate of drug-likeness (QED) is 0.659. The van der Waals surface area contributed by atoms with Crippen LogP contribution in [0.25, 0.3) is 0 Å². The molecule has 86 valence electrons. The highest BCUT2D eigenvalue weighted by atomic mass is 16.8. The van der Waals surface area contributed by atoms with E-state index in [4.69, 9.17) is 18.9 Å². The van der Waals surface area contributed by atoms with Gasteiger partial charge in [-0.05, 0) is 13.8 Å². The van der Waals surface area contributed by atoms with Gasteiger partial charge in [-0.15, -0.1) is 0 Å². The minimum Gasteiger partial charge on any atom is -0.356 e. The van der Waals surface area contributed by atoms with Gasteiger partial charge in [-0.3, -0.25) is 0 Å². The summed E-state index contributed by atoms with van der Waals surface area (Å²) >= 11 is 0. The molecule has 4 nitrogen and oxygen atoms in total. The maximum Gasteiger partial charge on any atom is 0.163 e. The molecule has 4 heteroatoms. The van der Waals surface area contributed by atoms with E-state index in [0.717, 1.165) is 12.8 Å². The zero-order chi connectivity index (χ0) is 10.6. The smallest absolute Gasteiger partial charge is 0.163 e. The topological polar surface area (TPSA) is 36.9 Å². The lowest BCUT2D eigenvalue weighted by Gasteiger charge is -2.21. The molecule has 0 unspecified atom stereocenters. The summed E-state index contributed by atoms with van der Waals surface area (Å²) in [4.78, 5) is 0. The van der Waals surface area contributed by atoms with Crippen molar-refractivity contribution in [2.75, 3.05) is 7.11 Å². The Balaban J connectivity index is 1.73. The highest BCUT2D eigenvalue weighted by molar-refractivity contribution is 5.01. The predicted octanol–water partition coefficient (Wildman–Crippen LogP) is 1.29. The molecule has 2 aliphatic heterocycles. The van der Waals surface area contributed by atoms with E-state index in [-0.39, 0.29) is 24.6 Å². The molecule has 15 heavy (non-hydrogen) atoms. The van der Waals surface area contributed by atoms with Crippen molar-refractivity contribution in [2.24, 2.45) is 5.92 Å². The SMILES string of the molecule is CO[C@@H]1C[C@H]2[C@H]3OC(C)(C)O[C@H]3C[C@H]2O1. The third kappa shape index (κ3) is 1.51. The Hall–Kier alpha value is -0.160. The molecular weight excluding hydrogens is 196 g/mol. The number of ether oxygens (including phenoxy) is 4. The van der Waals surface area contributed by atoms with Crippen LogP contribution in [0.5, 0.6) is 0 Å². The van der Waals surface area contributed by atoms with Gasteiger partial charge in [0.1, 0.15) is 0 Å². The molecule has 2 saturated heterocycles. The number of rotatable bonds is 1. The van der Waals surface area contributed by atoms with Gasteiger partial charge < -0.3 is 18.9 Å². The second-order valence-corrected chi connectivity index (χ2v) is 5.11. The fraction of sp³-hybridized carbons (Fsp3) is 1.00. The fourth-order valence-corrected chi connectivity index (χ4v) is 3.09. The van der Waals surface area contributed by atoms with Crippen LogP contribution < -0.4 is 0 Å². The second-order valence-electron chi connectivity index (χ2n) is 5.11. The molecule has 2 heterocycles. The third-order valence-corrected chi connectivity index (χ3v) is 3.64. The lowest BCUT2D eigenvalue weighted by atomic mass is 10.0. The Labute approximate surface area is 89.8 Å². The molecule has 0 radical (unpaired) electrons. The van der Waals surface area contributed by atoms with Crippen LogP contribution in [0.4, 0.5) is 0 Å². The maximum absolute atomic E-state index is 5.92. The minimum absolute atomic E-state index is 0.0479. The first-order valence-electron chi connectivity index (χ1n) is 5.63. The van der Waals surface area contributed by atoms with E-state index in [1.807, 2.05) is 13.8 Å². The third-order valence-electron chi connectivity index (χ3n) is 3.64. The van der Waals surface area contributed by atoms with Gasteiger partial charge in [-0.1, -0.05) is 0 Å². The van der Waals surface area contributed by atoms with Crippen LogP contribution in [0.1, 0.15) is 26.7 Å². The van der Waals surface area contributed by atoms with Gasteiger partial charge in [-0.25, -0.2) is 0 Å². The lowest BCUT2D eigenvalue weighted by Crippen LogP contribution is -2.27. The summed E-state index contributed by atoms with van der Waals surface area (Å²) in [5.41, 5.74) is 0. The van der Waals surface area contributed by atoms with Crippen molar-refractivity contribution in [3.8, 4) is 0 Å². The van der Waals surface area contributed by atoms with Crippen molar-refractivity contribution < 1.29 is 18.9 Å². The van der Waals surface area contributed by atoms with E-state index >= 15 is 0 Å². The Morgan fingerprint density at radius 2 is 1.93 bits per heavy atom. The van der Waals surface area contributed by atoms with Crippen LogP contribution in [0, 0.1) is 5.92 Å². The number of hydrogen-bond donors (Lipinski definition) is 0. The standard InChI is InChI=1S/C11H18O4/c1-11(2)14-8-5-7-6(10(8)15-11)4-9(12-3)13-7/h6-10H,4-5H2,1-3H3/t6-,7-,8+,9+,10-/m1/s1. The molecule has 0 aromatic rings. The van der Waals surface area contributed by atoms with E-state index in [1.54, 1.807) is 7.11 Å². The molecule has 3 fully saturated rings. The first kappa shape index (κ1) is 10.0. The Morgan fingerprint density at radius 3 is 2.67 bits per heavy atom. The molecule has 0 amide bonds. The summed E-state index contributed by atoms with van der Waals surface area (Å²) in [7, 11) is 1.69. The van der Waals surface area contributed by atoms with E-state index < -0.39 is 5.79 Å². The first-order chi connectivity index (χ1) is 7.09. The zero-order valence-electron chi connectivity index (χ0n) is 9.43. The van der Waals surface area contributed by atoms with Gasteiger partial charge in [0.15, 0.2) is 12.1 Å². The molecule has 3 aliphatic rings. The summed E-state index contributed by atoms with van der Waals surface area (Å²) in [6.45, 7) is 3.95. The lowest BCUT2D eigenvalue weighted by molar-refractivity contribution is -0.166. The molecule has 0 bridgehead atoms. The number of methoxy groups -OCH3 is 1. The summed E-state index contributed by atoms with van der Waals surface area (Å²) in [5, 5.41) is 0. The molecule has 0 aromatic heterocycles. The summed E-state index contributed by atoms with van der Waals surface area (Å²) in [6.07, 6.45) is 2.51. The first-order valence-corrected chi connectivity index (χ1v) is 5.63. The van der Waals surface area contributed by atoms with Crippen molar-refractivity contribution in [3.63, 3.8) is 0 Å². The van der Waals surface area contributed by atoms with Crippen molar-refractivity contribution in [1.82, 2.24) is 0 Å². The van der Waals surface area contributed by atoms with E-state index in [9.17, 15) is 0 Å². The normalized spacial score (nSPS) is 51.8. The van der Waals surface area contributed by atoms with Gasteiger partial charge >= 0.3 is 0 Å². The molecule has 5 atom stereocenters. The summed E-state index contributed by atoms with van der Waals surface area (Å²) in [6, 6.07) is 0. The van der Waals surface area contributed by atoms with Crippen LogP contribution in [0.2, 0.25) is 0 Å².